The van der Waals surface area contributed by atoms with Crippen LogP contribution in [0.2, 0.25) is 0 Å². The Morgan fingerprint density at radius 2 is 1.36 bits per heavy atom. The highest BCUT2D eigenvalue weighted by molar-refractivity contribution is 7.92. The molecule has 0 bridgehead atoms. The number of sulfonamides is 1. The minimum Gasteiger partial charge on any atom is -0.352 e. The van der Waals surface area contributed by atoms with E-state index in [0.717, 1.165) is 47.9 Å². The Morgan fingerprint density at radius 3 is 1.94 bits per heavy atom. The Hall–Kier alpha value is -4.43. The number of anilines is 1. The predicted octanol–water partition coefficient (Wildman–Crippen LogP) is 7.01. The average molecular weight is 652 g/mol. The molecule has 0 heterocycles. The number of nitrogens with zero attached hydrogens (tertiary/aromatic N) is 2. The largest absolute Gasteiger partial charge is 0.352 e. The van der Waals surface area contributed by atoms with Crippen molar-refractivity contribution in [2.24, 2.45) is 0 Å². The normalized spacial score (nSPS) is 14.1. The summed E-state index contributed by atoms with van der Waals surface area (Å²) < 4.78 is 29.7. The predicted molar refractivity (Wildman–Crippen MR) is 188 cm³/mol. The van der Waals surface area contributed by atoms with Gasteiger partial charge in [-0.3, -0.25) is 13.9 Å². The molecule has 1 saturated carbocycles. The number of carbonyl (C=O) groups is 2. The molecule has 0 radical (unpaired) electrons. The lowest BCUT2D eigenvalue weighted by atomic mass is 10.0. The van der Waals surface area contributed by atoms with Crippen LogP contribution >= 0.6 is 0 Å². The first-order valence-electron chi connectivity index (χ1n) is 16.5. The fourth-order valence-electron chi connectivity index (χ4n) is 6.09. The summed E-state index contributed by atoms with van der Waals surface area (Å²) in [5.74, 6) is -0.425. The van der Waals surface area contributed by atoms with E-state index in [4.69, 9.17) is 0 Å². The van der Waals surface area contributed by atoms with Crippen LogP contribution in [-0.4, -0.2) is 43.8 Å². The lowest BCUT2D eigenvalue weighted by Crippen LogP contribution is -2.54. The van der Waals surface area contributed by atoms with Crippen molar-refractivity contribution in [1.29, 1.82) is 0 Å². The molecule has 8 heteroatoms. The summed E-state index contributed by atoms with van der Waals surface area (Å²) in [4.78, 5) is 30.4. The van der Waals surface area contributed by atoms with E-state index in [1.54, 1.807) is 41.3 Å². The van der Waals surface area contributed by atoms with Crippen molar-refractivity contribution < 1.29 is 18.0 Å². The lowest BCUT2D eigenvalue weighted by molar-refractivity contribution is -0.140. The second-order valence-electron chi connectivity index (χ2n) is 12.8. The topological polar surface area (TPSA) is 86.8 Å². The highest BCUT2D eigenvalue weighted by atomic mass is 32.2. The zero-order chi connectivity index (χ0) is 33.4. The number of carbonyl (C=O) groups excluding carboxylic acids is 2. The summed E-state index contributed by atoms with van der Waals surface area (Å²) >= 11 is 0. The molecule has 5 rings (SSSR count). The molecule has 1 fully saturated rings. The van der Waals surface area contributed by atoms with Gasteiger partial charge in [0, 0.05) is 19.0 Å². The van der Waals surface area contributed by atoms with Gasteiger partial charge in [0.15, 0.2) is 0 Å². The molecule has 4 aromatic rings. The molecule has 1 N–H and O–H groups in total. The number of hydrogen-bond donors (Lipinski definition) is 1. The van der Waals surface area contributed by atoms with Crippen LogP contribution in [0.15, 0.2) is 114 Å². The van der Waals surface area contributed by atoms with Crippen LogP contribution in [0.1, 0.15) is 67.7 Å². The van der Waals surface area contributed by atoms with E-state index in [-0.39, 0.29) is 29.3 Å². The van der Waals surface area contributed by atoms with Crippen molar-refractivity contribution in [2.75, 3.05) is 10.8 Å². The van der Waals surface area contributed by atoms with E-state index < -0.39 is 28.5 Å². The van der Waals surface area contributed by atoms with Gasteiger partial charge < -0.3 is 10.2 Å². The molecule has 0 aromatic heterocycles. The molecule has 7 nitrogen and oxygen atoms in total. The van der Waals surface area contributed by atoms with Gasteiger partial charge in [-0.25, -0.2) is 8.42 Å². The molecule has 47 heavy (non-hydrogen) atoms. The number of hydrogen-bond acceptors (Lipinski definition) is 4. The minimum absolute atomic E-state index is 0.0623. The molecule has 1 aliphatic carbocycles. The van der Waals surface area contributed by atoms with E-state index in [1.165, 1.54) is 4.31 Å². The summed E-state index contributed by atoms with van der Waals surface area (Å²) in [6, 6.07) is 32.3. The summed E-state index contributed by atoms with van der Waals surface area (Å²) in [6.45, 7) is 5.73. The second-order valence-corrected chi connectivity index (χ2v) is 14.6. The Kier molecular flexibility index (Phi) is 11.1. The van der Waals surface area contributed by atoms with Crippen LogP contribution in [0.25, 0.3) is 0 Å². The Labute approximate surface area is 279 Å². The summed E-state index contributed by atoms with van der Waals surface area (Å²) in [5, 5.41) is 3.22. The molecule has 0 unspecified atom stereocenters. The second kappa shape index (κ2) is 15.4. The van der Waals surface area contributed by atoms with Gasteiger partial charge in [0.05, 0.1) is 10.6 Å². The van der Waals surface area contributed by atoms with Crippen molar-refractivity contribution in [1.82, 2.24) is 10.2 Å². The Bertz CT molecular complexity index is 1720. The molecule has 1 atom stereocenters. The fourth-order valence-corrected chi connectivity index (χ4v) is 7.51. The smallest absolute Gasteiger partial charge is 0.264 e. The van der Waals surface area contributed by atoms with Crippen molar-refractivity contribution in [3.63, 3.8) is 0 Å². The summed E-state index contributed by atoms with van der Waals surface area (Å²) in [5.41, 5.74) is 4.14. The van der Waals surface area contributed by atoms with Gasteiger partial charge in [-0.2, -0.15) is 0 Å². The third-order valence-electron chi connectivity index (χ3n) is 8.90. The molecule has 4 aromatic carbocycles. The van der Waals surface area contributed by atoms with Crippen molar-refractivity contribution in [2.45, 2.75) is 82.3 Å². The first-order valence-corrected chi connectivity index (χ1v) is 17.9. The van der Waals surface area contributed by atoms with Crippen LogP contribution in [-0.2, 0) is 32.6 Å². The zero-order valence-electron chi connectivity index (χ0n) is 27.5. The van der Waals surface area contributed by atoms with Crippen LogP contribution < -0.4 is 9.62 Å². The Morgan fingerprint density at radius 1 is 0.787 bits per heavy atom. The summed E-state index contributed by atoms with van der Waals surface area (Å²) in [7, 11) is -4.14. The van der Waals surface area contributed by atoms with Gasteiger partial charge in [0.1, 0.15) is 12.6 Å². The molecule has 0 saturated heterocycles. The Balaban J connectivity index is 1.56. The van der Waals surface area contributed by atoms with E-state index in [1.807, 2.05) is 79.7 Å². The minimum atomic E-state index is -4.14. The molecule has 0 aliphatic heterocycles. The fraction of sp³-hybridized carbons (Fsp3) is 0.333. The van der Waals surface area contributed by atoms with Gasteiger partial charge in [-0.15, -0.1) is 0 Å². The number of nitrogens with one attached hydrogen (secondary N) is 1. The van der Waals surface area contributed by atoms with Crippen LogP contribution in [0.5, 0.6) is 0 Å². The van der Waals surface area contributed by atoms with E-state index in [9.17, 15) is 18.0 Å². The third-order valence-corrected chi connectivity index (χ3v) is 10.7. The van der Waals surface area contributed by atoms with Crippen molar-refractivity contribution in [3.8, 4) is 0 Å². The van der Waals surface area contributed by atoms with Gasteiger partial charge in [0.2, 0.25) is 11.8 Å². The van der Waals surface area contributed by atoms with Crippen LogP contribution in [0.4, 0.5) is 5.69 Å². The maximum absolute atomic E-state index is 14.7. The number of amides is 2. The van der Waals surface area contributed by atoms with Crippen LogP contribution in [0.3, 0.4) is 0 Å². The number of rotatable bonds is 13. The monoisotopic (exact) mass is 651 g/mol. The van der Waals surface area contributed by atoms with Crippen molar-refractivity contribution in [3.05, 3.63) is 131 Å². The lowest BCUT2D eigenvalue weighted by Gasteiger charge is -2.34. The van der Waals surface area contributed by atoms with Gasteiger partial charge in [0.25, 0.3) is 10.0 Å². The average Bonchev–Trinajstić information content (AvgIpc) is 3.59. The van der Waals surface area contributed by atoms with Gasteiger partial charge in [-0.05, 0) is 66.6 Å². The van der Waals surface area contributed by atoms with Crippen LogP contribution in [0, 0.1) is 6.92 Å². The highest BCUT2D eigenvalue weighted by Crippen LogP contribution is 2.27. The summed E-state index contributed by atoms with van der Waals surface area (Å²) in [6.07, 6.45) is 4.23. The van der Waals surface area contributed by atoms with Crippen molar-refractivity contribution >= 4 is 27.5 Å². The standard InChI is InChI=1S/C39H45N3O4S/c1-29(2)33-20-22-35(23-21-33)42(47(45,46)36-24-18-30(3)19-25-36)28-38(43)41(27-32-14-8-5-9-15-32)37(26-31-12-6-4-7-13-31)39(44)40-34-16-10-11-17-34/h4-9,12-15,18-25,29,34,37H,10-11,16-17,26-28H2,1-3H3,(H,40,44)/t37-/m0/s1. The molecular weight excluding hydrogens is 607 g/mol. The molecule has 0 spiro atoms. The third kappa shape index (κ3) is 8.69. The quantitative estimate of drug-likeness (QED) is 0.169. The van der Waals surface area contributed by atoms with E-state index >= 15 is 0 Å². The molecular formula is C39H45N3O4S. The maximum Gasteiger partial charge on any atom is 0.264 e. The first kappa shape index (κ1) is 33.9. The highest BCUT2D eigenvalue weighted by Gasteiger charge is 2.35. The van der Waals surface area contributed by atoms with Gasteiger partial charge >= 0.3 is 0 Å². The van der Waals surface area contributed by atoms with E-state index in [2.05, 4.69) is 19.2 Å². The number of aryl methyl sites for hydroxylation is 1. The maximum atomic E-state index is 14.7. The SMILES string of the molecule is Cc1ccc(S(=O)(=O)N(CC(=O)N(Cc2ccccc2)[C@@H](Cc2ccccc2)C(=O)NC2CCCC2)c2ccc(C(C)C)cc2)cc1. The number of benzene rings is 4. The molecule has 1 aliphatic rings. The zero-order valence-corrected chi connectivity index (χ0v) is 28.3. The van der Waals surface area contributed by atoms with Gasteiger partial charge in [-0.1, -0.05) is 117 Å². The molecule has 246 valence electrons. The first-order chi connectivity index (χ1) is 22.6. The molecule has 2 amide bonds. The van der Waals surface area contributed by atoms with E-state index in [0.29, 0.717) is 12.1 Å².